The van der Waals surface area contributed by atoms with Gasteiger partial charge in [0.15, 0.2) is 0 Å². The third-order valence-corrected chi connectivity index (χ3v) is 3.14. The summed E-state index contributed by atoms with van der Waals surface area (Å²) >= 11 is 0. The lowest BCUT2D eigenvalue weighted by atomic mass is 9.93. The molecule has 1 fully saturated rings. The fraction of sp³-hybridized carbons (Fsp3) is 0.778. The average molecular weight is 155 g/mol. The smallest absolute Gasteiger partial charge is 0.117 e. The average Bonchev–Trinajstić information content (AvgIpc) is 2.53. The van der Waals surface area contributed by atoms with Crippen molar-refractivity contribution in [1.82, 2.24) is 4.90 Å². The monoisotopic (exact) mass is 155 g/mol. The summed E-state index contributed by atoms with van der Waals surface area (Å²) in [5, 5.41) is 0. The van der Waals surface area contributed by atoms with E-state index in [2.05, 4.69) is 11.8 Å². The van der Waals surface area contributed by atoms with Crippen molar-refractivity contribution in [1.29, 1.82) is 0 Å². The minimum absolute atomic E-state index is 0.123. The molecule has 0 aromatic rings. The van der Waals surface area contributed by atoms with Gasteiger partial charge in [0.1, 0.15) is 5.83 Å². The molecular weight excluding hydrogens is 141 g/mol. The van der Waals surface area contributed by atoms with Crippen molar-refractivity contribution in [2.45, 2.75) is 31.7 Å². The third kappa shape index (κ3) is 0.791. The van der Waals surface area contributed by atoms with Crippen LogP contribution in [0.4, 0.5) is 4.39 Å². The molecule has 2 heteroatoms. The van der Waals surface area contributed by atoms with E-state index in [1.54, 1.807) is 6.08 Å². The summed E-state index contributed by atoms with van der Waals surface area (Å²) in [4.78, 5) is 2.27. The zero-order chi connectivity index (χ0) is 7.90. The van der Waals surface area contributed by atoms with Gasteiger partial charge in [-0.25, -0.2) is 4.39 Å². The fourth-order valence-electron chi connectivity index (χ4n) is 2.42. The molecule has 2 aliphatic heterocycles. The summed E-state index contributed by atoms with van der Waals surface area (Å²) in [7, 11) is 0. The van der Waals surface area contributed by atoms with Gasteiger partial charge in [-0.1, -0.05) is 6.92 Å². The third-order valence-electron chi connectivity index (χ3n) is 3.14. The van der Waals surface area contributed by atoms with Gasteiger partial charge in [-0.05, 0) is 31.9 Å². The molecule has 0 aromatic carbocycles. The molecule has 1 saturated heterocycles. The highest BCUT2D eigenvalue weighted by Crippen LogP contribution is 2.42. The van der Waals surface area contributed by atoms with Gasteiger partial charge in [0.25, 0.3) is 0 Å². The first-order valence-electron chi connectivity index (χ1n) is 4.41. The molecule has 0 N–H and O–H groups in total. The van der Waals surface area contributed by atoms with Crippen LogP contribution in [0.2, 0.25) is 0 Å². The molecule has 2 heterocycles. The van der Waals surface area contributed by atoms with Crippen molar-refractivity contribution in [3.05, 3.63) is 11.9 Å². The molecule has 0 amide bonds. The molecule has 0 spiro atoms. The molecule has 0 bridgehead atoms. The Morgan fingerprint density at radius 3 is 3.18 bits per heavy atom. The quantitative estimate of drug-likeness (QED) is 0.560. The highest BCUT2D eigenvalue weighted by molar-refractivity contribution is 5.23. The van der Waals surface area contributed by atoms with Crippen molar-refractivity contribution in [2.24, 2.45) is 0 Å². The summed E-state index contributed by atoms with van der Waals surface area (Å²) in [6, 6.07) is 0. The van der Waals surface area contributed by atoms with E-state index in [1.807, 2.05) is 0 Å². The minimum Gasteiger partial charge on any atom is -0.288 e. The first kappa shape index (κ1) is 7.29. The standard InChI is InChI=1S/C9H14FN/c1-2-9-5-3-6-11(9)7-4-8(9)10/h4H,2-3,5-7H2,1H3. The Labute approximate surface area is 66.9 Å². The maximum absolute atomic E-state index is 13.4. The Morgan fingerprint density at radius 1 is 1.73 bits per heavy atom. The first-order chi connectivity index (χ1) is 5.29. The van der Waals surface area contributed by atoms with Crippen LogP contribution in [-0.4, -0.2) is 23.5 Å². The first-order valence-corrected chi connectivity index (χ1v) is 4.41. The van der Waals surface area contributed by atoms with Gasteiger partial charge in [0, 0.05) is 6.54 Å². The lowest BCUT2D eigenvalue weighted by Crippen LogP contribution is -2.39. The summed E-state index contributed by atoms with van der Waals surface area (Å²) < 4.78 is 13.4. The van der Waals surface area contributed by atoms with Crippen LogP contribution >= 0.6 is 0 Å². The number of hydrogen-bond donors (Lipinski definition) is 0. The van der Waals surface area contributed by atoms with Gasteiger partial charge < -0.3 is 0 Å². The predicted octanol–water partition coefficient (Wildman–Crippen LogP) is 2.10. The van der Waals surface area contributed by atoms with Crippen LogP contribution in [0, 0.1) is 0 Å². The SMILES string of the molecule is CCC12CCCN1CC=C2F. The highest BCUT2D eigenvalue weighted by atomic mass is 19.1. The second kappa shape index (κ2) is 2.31. The van der Waals surface area contributed by atoms with Crippen molar-refractivity contribution in [3.63, 3.8) is 0 Å². The Hall–Kier alpha value is -0.370. The molecule has 0 aliphatic carbocycles. The summed E-state index contributed by atoms with van der Waals surface area (Å²) in [6.07, 6.45) is 4.85. The Kier molecular flexibility index (Phi) is 1.53. The second-order valence-electron chi connectivity index (χ2n) is 3.49. The molecule has 11 heavy (non-hydrogen) atoms. The van der Waals surface area contributed by atoms with Crippen molar-refractivity contribution >= 4 is 0 Å². The lowest BCUT2D eigenvalue weighted by Gasteiger charge is -2.30. The van der Waals surface area contributed by atoms with Crippen LogP contribution in [0.25, 0.3) is 0 Å². The number of fused-ring (bicyclic) bond motifs is 1. The van der Waals surface area contributed by atoms with Crippen LogP contribution in [0.1, 0.15) is 26.2 Å². The fourth-order valence-corrected chi connectivity index (χ4v) is 2.42. The van der Waals surface area contributed by atoms with E-state index < -0.39 is 0 Å². The van der Waals surface area contributed by atoms with E-state index in [0.717, 1.165) is 32.4 Å². The normalized spacial score (nSPS) is 37.5. The van der Waals surface area contributed by atoms with E-state index in [0.29, 0.717) is 0 Å². The second-order valence-corrected chi connectivity index (χ2v) is 3.49. The molecule has 0 saturated carbocycles. The molecule has 1 atom stereocenters. The summed E-state index contributed by atoms with van der Waals surface area (Å²) in [5.74, 6) is 0.123. The van der Waals surface area contributed by atoms with Crippen LogP contribution < -0.4 is 0 Å². The van der Waals surface area contributed by atoms with E-state index in [-0.39, 0.29) is 11.4 Å². The molecule has 1 nitrogen and oxygen atoms in total. The van der Waals surface area contributed by atoms with Gasteiger partial charge in [-0.15, -0.1) is 0 Å². The van der Waals surface area contributed by atoms with Gasteiger partial charge in [0.2, 0.25) is 0 Å². The van der Waals surface area contributed by atoms with Crippen molar-refractivity contribution < 1.29 is 4.39 Å². The molecule has 1 unspecified atom stereocenters. The van der Waals surface area contributed by atoms with Crippen molar-refractivity contribution in [2.75, 3.05) is 13.1 Å². The summed E-state index contributed by atoms with van der Waals surface area (Å²) in [5.41, 5.74) is -0.167. The van der Waals surface area contributed by atoms with Crippen LogP contribution in [0.5, 0.6) is 0 Å². The van der Waals surface area contributed by atoms with E-state index >= 15 is 0 Å². The summed E-state index contributed by atoms with van der Waals surface area (Å²) in [6.45, 7) is 3.99. The van der Waals surface area contributed by atoms with Crippen molar-refractivity contribution in [3.8, 4) is 0 Å². The lowest BCUT2D eigenvalue weighted by molar-refractivity contribution is 0.183. The zero-order valence-electron chi connectivity index (χ0n) is 6.94. The van der Waals surface area contributed by atoms with E-state index in [4.69, 9.17) is 0 Å². The maximum atomic E-state index is 13.4. The highest BCUT2D eigenvalue weighted by Gasteiger charge is 2.45. The molecule has 0 aromatic heterocycles. The van der Waals surface area contributed by atoms with E-state index in [9.17, 15) is 4.39 Å². The number of halogens is 1. The zero-order valence-corrected chi connectivity index (χ0v) is 6.94. The molecule has 2 rings (SSSR count). The topological polar surface area (TPSA) is 3.24 Å². The predicted molar refractivity (Wildman–Crippen MR) is 43.0 cm³/mol. The minimum atomic E-state index is -0.167. The molecular formula is C9H14FN. The van der Waals surface area contributed by atoms with Gasteiger partial charge >= 0.3 is 0 Å². The van der Waals surface area contributed by atoms with Crippen LogP contribution in [0.3, 0.4) is 0 Å². The van der Waals surface area contributed by atoms with Gasteiger partial charge in [-0.3, -0.25) is 4.90 Å². The number of rotatable bonds is 1. The molecule has 0 radical (unpaired) electrons. The maximum Gasteiger partial charge on any atom is 0.117 e. The Balaban J connectivity index is 2.30. The van der Waals surface area contributed by atoms with Crippen LogP contribution in [-0.2, 0) is 0 Å². The van der Waals surface area contributed by atoms with E-state index in [1.165, 1.54) is 0 Å². The van der Waals surface area contributed by atoms with Gasteiger partial charge in [-0.2, -0.15) is 0 Å². The number of hydrogen-bond acceptors (Lipinski definition) is 1. The van der Waals surface area contributed by atoms with Gasteiger partial charge in [0.05, 0.1) is 5.54 Å². The number of nitrogens with zero attached hydrogens (tertiary/aromatic N) is 1. The molecule has 62 valence electrons. The molecule has 2 aliphatic rings. The Morgan fingerprint density at radius 2 is 2.55 bits per heavy atom. The van der Waals surface area contributed by atoms with Crippen LogP contribution in [0.15, 0.2) is 11.9 Å². The largest absolute Gasteiger partial charge is 0.288 e. The Bertz CT molecular complexity index is 200.